The van der Waals surface area contributed by atoms with E-state index in [2.05, 4.69) is 21.6 Å². The molecular weight excluding hydrogens is 434 g/mol. The fourth-order valence-electron chi connectivity index (χ4n) is 2.92. The van der Waals surface area contributed by atoms with Crippen LogP contribution < -0.4 is 19.5 Å². The Morgan fingerprint density at radius 2 is 2.00 bits per heavy atom. The number of alkyl halides is 2. The molecule has 0 saturated heterocycles. The van der Waals surface area contributed by atoms with E-state index in [1.165, 1.54) is 24.5 Å². The van der Waals surface area contributed by atoms with Gasteiger partial charge >= 0.3 is 6.61 Å². The molecule has 3 rings (SSSR count). The number of ether oxygens (including phenoxy) is 3. The van der Waals surface area contributed by atoms with Crippen molar-refractivity contribution in [2.24, 2.45) is 0 Å². The first-order chi connectivity index (χ1) is 16.0. The van der Waals surface area contributed by atoms with Gasteiger partial charge in [-0.25, -0.2) is 4.98 Å². The Balaban J connectivity index is 1.71. The highest BCUT2D eigenvalue weighted by Crippen LogP contribution is 2.33. The van der Waals surface area contributed by atoms with Gasteiger partial charge in [0.1, 0.15) is 12.0 Å². The fourth-order valence-corrected chi connectivity index (χ4v) is 2.92. The van der Waals surface area contributed by atoms with Gasteiger partial charge in [0.25, 0.3) is 5.91 Å². The lowest BCUT2D eigenvalue weighted by atomic mass is 10.2. The minimum absolute atomic E-state index is 0.0928. The number of carbonyl (C=O) groups excluding carboxylic acids is 1. The normalized spacial score (nSPS) is 10.7. The summed E-state index contributed by atoms with van der Waals surface area (Å²) in [5.41, 5.74) is 1.40. The van der Waals surface area contributed by atoms with Crippen LogP contribution in [0.1, 0.15) is 29.4 Å². The summed E-state index contributed by atoms with van der Waals surface area (Å²) in [6.07, 6.45) is 3.60. The Bertz CT molecular complexity index is 1080. The molecule has 0 aliphatic carbocycles. The lowest BCUT2D eigenvalue weighted by Gasteiger charge is -2.12. The van der Waals surface area contributed by atoms with E-state index in [0.717, 1.165) is 0 Å². The molecule has 0 aliphatic rings. The number of hydrogen-bond acceptors (Lipinski definition) is 6. The first kappa shape index (κ1) is 23.8. The third-order valence-corrected chi connectivity index (χ3v) is 4.40. The number of oxazole rings is 1. The van der Waals surface area contributed by atoms with E-state index < -0.39 is 6.61 Å². The summed E-state index contributed by atoms with van der Waals surface area (Å²) in [7, 11) is 0. The number of amides is 1. The number of nitrogens with zero attached hydrogens (tertiary/aromatic N) is 1. The minimum atomic E-state index is -2.98. The predicted octanol–water partition coefficient (Wildman–Crippen LogP) is 5.23. The zero-order valence-corrected chi connectivity index (χ0v) is 18.1. The number of para-hydroxylation sites is 1. The van der Waals surface area contributed by atoms with Crippen molar-refractivity contribution in [1.82, 2.24) is 10.3 Å². The average molecular weight is 458 g/mol. The summed E-state index contributed by atoms with van der Waals surface area (Å²) >= 11 is 0. The van der Waals surface area contributed by atoms with Gasteiger partial charge in [0.15, 0.2) is 11.5 Å². The van der Waals surface area contributed by atoms with Gasteiger partial charge in [0.2, 0.25) is 5.89 Å². The topological polar surface area (TPSA) is 82.8 Å². The van der Waals surface area contributed by atoms with Crippen LogP contribution in [0.25, 0.3) is 11.5 Å². The molecule has 1 aromatic heterocycles. The van der Waals surface area contributed by atoms with Gasteiger partial charge in [-0.2, -0.15) is 8.78 Å². The molecule has 3 aromatic rings. The summed E-state index contributed by atoms with van der Waals surface area (Å²) < 4.78 is 46.4. The summed E-state index contributed by atoms with van der Waals surface area (Å²) in [4.78, 5) is 16.9. The molecule has 0 fully saturated rings. The van der Waals surface area contributed by atoms with Gasteiger partial charge in [-0.05, 0) is 43.7 Å². The minimum Gasteiger partial charge on any atom is -0.493 e. The standard InChI is InChI=1S/C24H24F2N2O5/c1-3-5-12-31-21-13-16(10-11-20(21)33-24(25)26)23-28-17(15-32-23)14-27-22(29)18-8-6-7-9-19(18)30-4-2/h3,6-11,13,15,24H,1,4-5,12,14H2,2H3,(H,27,29). The van der Waals surface area contributed by atoms with Crippen molar-refractivity contribution in [2.75, 3.05) is 13.2 Å². The number of benzene rings is 2. The third kappa shape index (κ3) is 6.55. The summed E-state index contributed by atoms with van der Waals surface area (Å²) in [6.45, 7) is 3.27. The fraction of sp³-hybridized carbons (Fsp3) is 0.250. The van der Waals surface area contributed by atoms with Gasteiger partial charge < -0.3 is 23.9 Å². The van der Waals surface area contributed by atoms with Crippen LogP contribution in [0.2, 0.25) is 0 Å². The number of aromatic nitrogens is 1. The van der Waals surface area contributed by atoms with Crippen molar-refractivity contribution in [3.05, 3.63) is 72.6 Å². The Morgan fingerprint density at radius 1 is 1.18 bits per heavy atom. The number of halogens is 2. The first-order valence-corrected chi connectivity index (χ1v) is 10.3. The quantitative estimate of drug-likeness (QED) is 0.296. The number of carbonyl (C=O) groups is 1. The molecule has 33 heavy (non-hydrogen) atoms. The zero-order valence-electron chi connectivity index (χ0n) is 18.1. The van der Waals surface area contributed by atoms with E-state index in [1.54, 1.807) is 30.3 Å². The van der Waals surface area contributed by atoms with Gasteiger partial charge in [-0.15, -0.1) is 6.58 Å². The second-order valence-electron chi connectivity index (χ2n) is 6.72. The number of rotatable bonds is 12. The van der Waals surface area contributed by atoms with Crippen molar-refractivity contribution in [3.8, 4) is 28.7 Å². The van der Waals surface area contributed by atoms with Gasteiger partial charge in [-0.3, -0.25) is 4.79 Å². The number of nitrogens with one attached hydrogen (secondary N) is 1. The molecule has 1 N–H and O–H groups in total. The monoisotopic (exact) mass is 458 g/mol. The summed E-state index contributed by atoms with van der Waals surface area (Å²) in [5.74, 6) is 0.467. The molecular formula is C24H24F2N2O5. The van der Waals surface area contributed by atoms with E-state index >= 15 is 0 Å². The molecule has 0 saturated carbocycles. The molecule has 174 valence electrons. The molecule has 0 bridgehead atoms. The second kappa shape index (κ2) is 11.7. The second-order valence-corrected chi connectivity index (χ2v) is 6.72. The maximum Gasteiger partial charge on any atom is 0.387 e. The van der Waals surface area contributed by atoms with Crippen LogP contribution in [0.4, 0.5) is 8.78 Å². The smallest absolute Gasteiger partial charge is 0.387 e. The molecule has 1 heterocycles. The largest absolute Gasteiger partial charge is 0.493 e. The number of hydrogen-bond donors (Lipinski definition) is 1. The van der Waals surface area contributed by atoms with E-state index in [1.807, 2.05) is 6.92 Å². The molecule has 2 aromatic carbocycles. The maximum absolute atomic E-state index is 12.7. The van der Waals surface area contributed by atoms with Crippen molar-refractivity contribution in [2.45, 2.75) is 26.5 Å². The van der Waals surface area contributed by atoms with Crippen LogP contribution in [-0.2, 0) is 6.54 Å². The Hall–Kier alpha value is -3.88. The lowest BCUT2D eigenvalue weighted by Crippen LogP contribution is -2.23. The molecule has 1 amide bonds. The van der Waals surface area contributed by atoms with Crippen LogP contribution in [0, 0.1) is 0 Å². The first-order valence-electron chi connectivity index (χ1n) is 10.3. The third-order valence-electron chi connectivity index (χ3n) is 4.40. The Kier molecular flexibility index (Phi) is 8.40. The zero-order chi connectivity index (χ0) is 23.6. The average Bonchev–Trinajstić information content (AvgIpc) is 3.28. The van der Waals surface area contributed by atoms with Gasteiger partial charge in [0.05, 0.1) is 31.0 Å². The van der Waals surface area contributed by atoms with E-state index in [9.17, 15) is 13.6 Å². The maximum atomic E-state index is 12.7. The summed E-state index contributed by atoms with van der Waals surface area (Å²) in [5, 5.41) is 2.78. The lowest BCUT2D eigenvalue weighted by molar-refractivity contribution is -0.0514. The van der Waals surface area contributed by atoms with Crippen LogP contribution >= 0.6 is 0 Å². The predicted molar refractivity (Wildman–Crippen MR) is 118 cm³/mol. The van der Waals surface area contributed by atoms with Gasteiger partial charge in [-0.1, -0.05) is 18.2 Å². The molecule has 9 heteroatoms. The van der Waals surface area contributed by atoms with Crippen molar-refractivity contribution < 1.29 is 32.2 Å². The Morgan fingerprint density at radius 3 is 2.76 bits per heavy atom. The molecule has 0 aliphatic heterocycles. The van der Waals surface area contributed by atoms with Crippen LogP contribution in [0.5, 0.6) is 17.2 Å². The van der Waals surface area contributed by atoms with E-state index in [0.29, 0.717) is 35.6 Å². The molecule has 0 radical (unpaired) electrons. The highest BCUT2D eigenvalue weighted by atomic mass is 19.3. The SMILES string of the molecule is C=CCCOc1cc(-c2nc(CNC(=O)c3ccccc3OCC)co2)ccc1OC(F)F. The molecule has 0 unspecified atom stereocenters. The van der Waals surface area contributed by atoms with Crippen LogP contribution in [-0.4, -0.2) is 30.7 Å². The molecule has 7 nitrogen and oxygen atoms in total. The van der Waals surface area contributed by atoms with Crippen molar-refractivity contribution >= 4 is 5.91 Å². The van der Waals surface area contributed by atoms with Crippen molar-refractivity contribution in [1.29, 1.82) is 0 Å². The molecule has 0 spiro atoms. The van der Waals surface area contributed by atoms with Crippen molar-refractivity contribution in [3.63, 3.8) is 0 Å². The molecule has 0 atom stereocenters. The van der Waals surface area contributed by atoms with E-state index in [4.69, 9.17) is 13.9 Å². The highest BCUT2D eigenvalue weighted by molar-refractivity contribution is 5.96. The Labute approximate surface area is 190 Å². The highest BCUT2D eigenvalue weighted by Gasteiger charge is 2.16. The summed E-state index contributed by atoms with van der Waals surface area (Å²) in [6, 6.07) is 11.3. The van der Waals surface area contributed by atoms with Gasteiger partial charge in [0, 0.05) is 5.56 Å². The van der Waals surface area contributed by atoms with Crippen LogP contribution in [0.15, 0.2) is 65.8 Å². The van der Waals surface area contributed by atoms with E-state index in [-0.39, 0.29) is 36.4 Å². The van der Waals surface area contributed by atoms with Crippen LogP contribution in [0.3, 0.4) is 0 Å².